The third-order valence-electron chi connectivity index (χ3n) is 3.61. The van der Waals surface area contributed by atoms with Crippen molar-refractivity contribution in [3.05, 3.63) is 46.8 Å². The summed E-state index contributed by atoms with van der Waals surface area (Å²) in [6, 6.07) is 8.31. The second-order valence-electron chi connectivity index (χ2n) is 5.67. The number of amides is 1. The molecule has 0 saturated heterocycles. The van der Waals surface area contributed by atoms with Crippen molar-refractivity contribution in [1.82, 2.24) is 15.1 Å². The lowest BCUT2D eigenvalue weighted by Crippen LogP contribution is -2.27. The predicted molar refractivity (Wildman–Crippen MR) is 84.1 cm³/mol. The molecule has 1 aromatic heterocycles. The van der Waals surface area contributed by atoms with Crippen LogP contribution in [-0.2, 0) is 6.54 Å². The molecule has 0 saturated carbocycles. The highest BCUT2D eigenvalue weighted by Gasteiger charge is 2.19. The molecule has 0 atom stereocenters. The van der Waals surface area contributed by atoms with Crippen LogP contribution < -0.4 is 5.73 Å². The third-order valence-corrected chi connectivity index (χ3v) is 3.61. The van der Waals surface area contributed by atoms with Gasteiger partial charge in [-0.1, -0.05) is 38.1 Å². The molecule has 2 rings (SSSR count). The number of anilines is 1. The average Bonchev–Trinajstić information content (AvgIpc) is 2.78. The second-order valence-corrected chi connectivity index (χ2v) is 5.67. The van der Waals surface area contributed by atoms with Crippen LogP contribution >= 0.6 is 0 Å². The standard InChI is InChI=1S/C16H22N4O/c1-10(2)13-7-5-12(6-8-13)9-20(4)16(21)15-14(17)11(3)18-19-15/h5-8,10H,9,17H2,1-4H3,(H,18,19). The van der Waals surface area contributed by atoms with Gasteiger partial charge < -0.3 is 10.6 Å². The molecule has 0 spiro atoms. The zero-order valence-electron chi connectivity index (χ0n) is 13.0. The normalized spacial score (nSPS) is 10.9. The maximum atomic E-state index is 12.3. The molecule has 0 aliphatic heterocycles. The Bertz CT molecular complexity index is 628. The molecular formula is C16H22N4O. The van der Waals surface area contributed by atoms with Gasteiger partial charge in [0.25, 0.3) is 5.91 Å². The third kappa shape index (κ3) is 3.24. The molecule has 0 radical (unpaired) electrons. The molecule has 1 aromatic carbocycles. The van der Waals surface area contributed by atoms with E-state index in [1.165, 1.54) is 5.56 Å². The number of carbonyl (C=O) groups excluding carboxylic acids is 1. The summed E-state index contributed by atoms with van der Waals surface area (Å²) in [6.45, 7) is 6.65. The van der Waals surface area contributed by atoms with Crippen LogP contribution in [0.1, 0.15) is 47.1 Å². The van der Waals surface area contributed by atoms with Gasteiger partial charge in [-0.05, 0) is 24.0 Å². The number of rotatable bonds is 4. The number of aromatic amines is 1. The maximum absolute atomic E-state index is 12.3. The molecule has 0 aliphatic rings. The fraction of sp³-hybridized carbons (Fsp3) is 0.375. The SMILES string of the molecule is Cc1[nH]nc(C(=O)N(C)Cc2ccc(C(C)C)cc2)c1N. The molecule has 5 nitrogen and oxygen atoms in total. The van der Waals surface area contributed by atoms with E-state index in [1.54, 1.807) is 18.9 Å². The first kappa shape index (κ1) is 15.1. The van der Waals surface area contributed by atoms with Crippen LogP contribution in [0.15, 0.2) is 24.3 Å². The van der Waals surface area contributed by atoms with Gasteiger partial charge in [-0.3, -0.25) is 9.89 Å². The molecule has 1 amide bonds. The minimum Gasteiger partial charge on any atom is -0.395 e. The van der Waals surface area contributed by atoms with Crippen LogP contribution in [0.2, 0.25) is 0 Å². The van der Waals surface area contributed by atoms with E-state index < -0.39 is 0 Å². The van der Waals surface area contributed by atoms with E-state index in [-0.39, 0.29) is 11.6 Å². The quantitative estimate of drug-likeness (QED) is 0.907. The van der Waals surface area contributed by atoms with Gasteiger partial charge in [0.1, 0.15) is 0 Å². The first-order valence-electron chi connectivity index (χ1n) is 7.05. The molecule has 2 aromatic rings. The monoisotopic (exact) mass is 286 g/mol. The van der Waals surface area contributed by atoms with E-state index in [2.05, 4.69) is 48.3 Å². The highest BCUT2D eigenvalue weighted by Crippen LogP contribution is 2.17. The van der Waals surface area contributed by atoms with Crippen LogP contribution in [-0.4, -0.2) is 28.1 Å². The molecule has 112 valence electrons. The largest absolute Gasteiger partial charge is 0.395 e. The highest BCUT2D eigenvalue weighted by molar-refractivity contribution is 5.97. The van der Waals surface area contributed by atoms with Crippen LogP contribution in [0, 0.1) is 6.92 Å². The topological polar surface area (TPSA) is 75.0 Å². The Morgan fingerprint density at radius 1 is 1.33 bits per heavy atom. The zero-order valence-corrected chi connectivity index (χ0v) is 13.0. The van der Waals surface area contributed by atoms with Gasteiger partial charge in [0.2, 0.25) is 0 Å². The Hall–Kier alpha value is -2.30. The summed E-state index contributed by atoms with van der Waals surface area (Å²) in [5, 5.41) is 6.71. The minimum atomic E-state index is -0.176. The predicted octanol–water partition coefficient (Wildman–Crippen LogP) is 2.70. The average molecular weight is 286 g/mol. The number of aryl methyl sites for hydroxylation is 1. The summed E-state index contributed by atoms with van der Waals surface area (Å²) in [7, 11) is 1.75. The van der Waals surface area contributed by atoms with E-state index in [4.69, 9.17) is 5.73 Å². The van der Waals surface area contributed by atoms with E-state index >= 15 is 0 Å². The fourth-order valence-electron chi connectivity index (χ4n) is 2.14. The van der Waals surface area contributed by atoms with Crippen LogP contribution in [0.25, 0.3) is 0 Å². The Kier molecular flexibility index (Phi) is 4.31. The van der Waals surface area contributed by atoms with Crippen LogP contribution in [0.4, 0.5) is 5.69 Å². The number of benzene rings is 1. The van der Waals surface area contributed by atoms with E-state index in [0.717, 1.165) is 5.56 Å². The van der Waals surface area contributed by atoms with Crippen LogP contribution in [0.3, 0.4) is 0 Å². The second kappa shape index (κ2) is 5.99. The number of nitrogens with zero attached hydrogens (tertiary/aromatic N) is 2. The van der Waals surface area contributed by atoms with Crippen molar-refractivity contribution in [3.8, 4) is 0 Å². The molecule has 0 unspecified atom stereocenters. The van der Waals surface area contributed by atoms with Gasteiger partial charge in [-0.25, -0.2) is 0 Å². The lowest BCUT2D eigenvalue weighted by Gasteiger charge is -2.17. The molecule has 0 aliphatic carbocycles. The Morgan fingerprint density at radius 3 is 2.43 bits per heavy atom. The van der Waals surface area contributed by atoms with Crippen molar-refractivity contribution >= 4 is 11.6 Å². The number of nitrogen functional groups attached to an aromatic ring is 1. The lowest BCUT2D eigenvalue weighted by molar-refractivity contribution is 0.0780. The van der Waals surface area contributed by atoms with Gasteiger partial charge in [0.15, 0.2) is 5.69 Å². The van der Waals surface area contributed by atoms with Gasteiger partial charge in [-0.15, -0.1) is 0 Å². The Morgan fingerprint density at radius 2 is 1.95 bits per heavy atom. The highest BCUT2D eigenvalue weighted by atomic mass is 16.2. The van der Waals surface area contributed by atoms with E-state index in [9.17, 15) is 4.79 Å². The molecule has 0 bridgehead atoms. The lowest BCUT2D eigenvalue weighted by atomic mass is 10.0. The molecule has 0 fully saturated rings. The summed E-state index contributed by atoms with van der Waals surface area (Å²) in [5.41, 5.74) is 9.64. The molecular weight excluding hydrogens is 264 g/mol. The van der Waals surface area contributed by atoms with Gasteiger partial charge in [0.05, 0.1) is 11.4 Å². The van der Waals surface area contributed by atoms with Gasteiger partial charge in [0, 0.05) is 13.6 Å². The fourth-order valence-corrected chi connectivity index (χ4v) is 2.14. The summed E-state index contributed by atoms with van der Waals surface area (Å²) in [5.74, 6) is 0.329. The molecule has 5 heteroatoms. The van der Waals surface area contributed by atoms with Crippen molar-refractivity contribution in [2.24, 2.45) is 0 Å². The zero-order chi connectivity index (χ0) is 15.6. The van der Waals surface area contributed by atoms with E-state index in [1.807, 2.05) is 0 Å². The minimum absolute atomic E-state index is 0.176. The summed E-state index contributed by atoms with van der Waals surface area (Å²) in [6.07, 6.45) is 0. The van der Waals surface area contributed by atoms with E-state index in [0.29, 0.717) is 23.8 Å². The van der Waals surface area contributed by atoms with Crippen LogP contribution in [0.5, 0.6) is 0 Å². The molecule has 21 heavy (non-hydrogen) atoms. The molecule has 1 heterocycles. The number of nitrogens with one attached hydrogen (secondary N) is 1. The summed E-state index contributed by atoms with van der Waals surface area (Å²) < 4.78 is 0. The van der Waals surface area contributed by atoms with Crippen molar-refractivity contribution in [2.75, 3.05) is 12.8 Å². The number of H-pyrrole nitrogens is 1. The Balaban J connectivity index is 2.08. The number of nitrogens with two attached hydrogens (primary N) is 1. The summed E-state index contributed by atoms with van der Waals surface area (Å²) >= 11 is 0. The summed E-state index contributed by atoms with van der Waals surface area (Å²) in [4.78, 5) is 13.9. The van der Waals surface area contributed by atoms with Crippen molar-refractivity contribution < 1.29 is 4.79 Å². The van der Waals surface area contributed by atoms with Gasteiger partial charge in [-0.2, -0.15) is 5.10 Å². The molecule has 3 N–H and O–H groups in total. The number of hydrogen-bond donors (Lipinski definition) is 2. The smallest absolute Gasteiger partial charge is 0.276 e. The first-order valence-corrected chi connectivity index (χ1v) is 7.05. The van der Waals surface area contributed by atoms with Crippen molar-refractivity contribution in [3.63, 3.8) is 0 Å². The van der Waals surface area contributed by atoms with Crippen molar-refractivity contribution in [2.45, 2.75) is 33.2 Å². The van der Waals surface area contributed by atoms with Crippen molar-refractivity contribution in [1.29, 1.82) is 0 Å². The number of hydrogen-bond acceptors (Lipinski definition) is 3. The number of aromatic nitrogens is 2. The van der Waals surface area contributed by atoms with Gasteiger partial charge >= 0.3 is 0 Å². The number of carbonyl (C=O) groups is 1. The maximum Gasteiger partial charge on any atom is 0.276 e. The first-order chi connectivity index (χ1) is 9.90. The Labute approximate surface area is 125 Å².